The van der Waals surface area contributed by atoms with E-state index in [-0.39, 0.29) is 0 Å². The average molecular weight is 236 g/mol. The first kappa shape index (κ1) is 11.7. The monoisotopic (exact) mass is 236 g/mol. The van der Waals surface area contributed by atoms with Crippen LogP contribution in [0.3, 0.4) is 0 Å². The lowest BCUT2D eigenvalue weighted by Crippen LogP contribution is -2.43. The molecule has 1 heteroatoms. The van der Waals surface area contributed by atoms with Gasteiger partial charge in [0.2, 0.25) is 0 Å². The molecule has 0 fully saturated rings. The highest BCUT2D eigenvalue weighted by Gasteiger charge is 2.17. The van der Waals surface area contributed by atoms with Gasteiger partial charge in [0.15, 0.2) is 0 Å². The maximum absolute atomic E-state index is 3.81. The zero-order chi connectivity index (χ0) is 12.1. The van der Waals surface area contributed by atoms with Crippen LogP contribution in [0.2, 0.25) is 0 Å². The molecule has 0 amide bonds. The molecule has 0 nitrogen and oxygen atoms in total. The largest absolute Gasteiger partial charge is 0.137 e. The van der Waals surface area contributed by atoms with E-state index in [4.69, 9.17) is 0 Å². The van der Waals surface area contributed by atoms with Gasteiger partial charge in [-0.15, -0.1) is 5.73 Å². The van der Waals surface area contributed by atoms with E-state index < -0.39 is 8.80 Å². The van der Waals surface area contributed by atoms with E-state index in [1.165, 1.54) is 15.6 Å². The third-order valence-electron chi connectivity index (χ3n) is 2.98. The Balaban J connectivity index is 2.51. The van der Waals surface area contributed by atoms with Gasteiger partial charge in [-0.05, 0) is 12.1 Å². The lowest BCUT2D eigenvalue weighted by molar-refractivity contribution is 1.63. The van der Waals surface area contributed by atoms with Gasteiger partial charge < -0.3 is 0 Å². The van der Waals surface area contributed by atoms with Crippen LogP contribution in [-0.4, -0.2) is 8.80 Å². The van der Waals surface area contributed by atoms with Crippen molar-refractivity contribution in [3.8, 4) is 0 Å². The van der Waals surface area contributed by atoms with Crippen molar-refractivity contribution in [2.75, 3.05) is 0 Å². The Labute approximate surface area is 105 Å². The van der Waals surface area contributed by atoms with E-state index in [1.807, 2.05) is 0 Å². The molecule has 0 aliphatic rings. The highest BCUT2D eigenvalue weighted by molar-refractivity contribution is 6.90. The van der Waals surface area contributed by atoms with Gasteiger partial charge in [0.05, 0.1) is 0 Å². The van der Waals surface area contributed by atoms with Gasteiger partial charge in [0, 0.05) is 0 Å². The van der Waals surface area contributed by atoms with Gasteiger partial charge in [-0.3, -0.25) is 0 Å². The van der Waals surface area contributed by atoms with Crippen molar-refractivity contribution >= 4 is 19.2 Å². The first-order valence-corrected chi connectivity index (χ1v) is 7.52. The Morgan fingerprint density at radius 1 is 0.882 bits per heavy atom. The molecule has 0 heterocycles. The summed E-state index contributed by atoms with van der Waals surface area (Å²) in [4.78, 5) is 0. The average Bonchev–Trinajstić information content (AvgIpc) is 2.41. The molecule has 84 valence electrons. The predicted octanol–water partition coefficient (Wildman–Crippen LogP) is 2.30. The summed E-state index contributed by atoms with van der Waals surface area (Å²) in [7, 11) is -1.30. The third-order valence-corrected chi connectivity index (χ3v) is 6.15. The van der Waals surface area contributed by atoms with Gasteiger partial charge in [0.1, 0.15) is 8.80 Å². The number of hydrogen-bond acceptors (Lipinski definition) is 0. The van der Waals surface area contributed by atoms with Crippen molar-refractivity contribution in [3.63, 3.8) is 0 Å². The summed E-state index contributed by atoms with van der Waals surface area (Å²) in [6, 6.07) is 21.4. The van der Waals surface area contributed by atoms with Crippen molar-refractivity contribution in [2.24, 2.45) is 0 Å². The van der Waals surface area contributed by atoms with E-state index >= 15 is 0 Å². The summed E-state index contributed by atoms with van der Waals surface area (Å²) in [5.74, 6) is 0. The van der Waals surface area contributed by atoms with Crippen LogP contribution in [-0.2, 0) is 0 Å². The van der Waals surface area contributed by atoms with Crippen molar-refractivity contribution in [2.45, 2.75) is 6.92 Å². The number of rotatable bonds is 3. The SMILES string of the molecule is C=C=C(C)[SiH](c1ccccc1)c1ccccc1. The second-order valence-corrected chi connectivity index (χ2v) is 7.18. The first-order valence-electron chi connectivity index (χ1n) is 5.79. The Morgan fingerprint density at radius 2 is 1.29 bits per heavy atom. The molecule has 2 aromatic rings. The first-order chi connectivity index (χ1) is 8.33. The van der Waals surface area contributed by atoms with E-state index in [0.29, 0.717) is 0 Å². The molecule has 0 unspecified atom stereocenters. The zero-order valence-corrected chi connectivity index (χ0v) is 11.2. The molecular weight excluding hydrogens is 220 g/mol. The topological polar surface area (TPSA) is 0 Å². The highest BCUT2D eigenvalue weighted by Crippen LogP contribution is 2.01. The minimum Gasteiger partial charge on any atom is -0.134 e. The molecular formula is C16H16Si. The standard InChI is InChI=1S/C16H16Si/c1-3-14(2)17(15-10-6-4-7-11-15)16-12-8-5-9-13-16/h4-13,17H,1H2,2H3. The molecule has 0 aliphatic carbocycles. The lowest BCUT2D eigenvalue weighted by atomic mass is 10.4. The van der Waals surface area contributed by atoms with Crippen molar-refractivity contribution in [1.82, 2.24) is 0 Å². The summed E-state index contributed by atoms with van der Waals surface area (Å²) in [5, 5.41) is 4.14. The van der Waals surface area contributed by atoms with Crippen LogP contribution in [0, 0.1) is 0 Å². The molecule has 0 saturated carbocycles. The van der Waals surface area contributed by atoms with Crippen molar-refractivity contribution in [1.29, 1.82) is 0 Å². The van der Waals surface area contributed by atoms with Crippen LogP contribution in [0.25, 0.3) is 0 Å². The highest BCUT2D eigenvalue weighted by atomic mass is 28.3. The minimum absolute atomic E-state index is 1.29. The summed E-state index contributed by atoms with van der Waals surface area (Å²) < 4.78 is 0. The Morgan fingerprint density at radius 3 is 1.65 bits per heavy atom. The second kappa shape index (κ2) is 5.49. The normalized spacial score (nSPS) is 10.0. The molecule has 0 N–H and O–H groups in total. The van der Waals surface area contributed by atoms with Crippen LogP contribution < -0.4 is 10.4 Å². The molecule has 0 aliphatic heterocycles. The molecule has 0 aromatic heterocycles. The number of hydrogen-bond donors (Lipinski definition) is 0. The molecule has 0 atom stereocenters. The van der Waals surface area contributed by atoms with Crippen LogP contribution in [0.4, 0.5) is 0 Å². The number of benzene rings is 2. The van der Waals surface area contributed by atoms with Crippen LogP contribution >= 0.6 is 0 Å². The van der Waals surface area contributed by atoms with Gasteiger partial charge in [-0.2, -0.15) is 0 Å². The van der Waals surface area contributed by atoms with Crippen molar-refractivity contribution < 1.29 is 0 Å². The molecule has 2 aromatic carbocycles. The van der Waals surface area contributed by atoms with Crippen LogP contribution in [0.1, 0.15) is 6.92 Å². The number of allylic oxidation sites excluding steroid dienone is 1. The Bertz CT molecular complexity index is 482. The summed E-state index contributed by atoms with van der Waals surface area (Å²) >= 11 is 0. The molecule has 0 spiro atoms. The van der Waals surface area contributed by atoms with E-state index in [9.17, 15) is 0 Å². The second-order valence-electron chi connectivity index (χ2n) is 4.11. The predicted molar refractivity (Wildman–Crippen MR) is 77.6 cm³/mol. The van der Waals surface area contributed by atoms with Crippen LogP contribution in [0.15, 0.2) is 78.2 Å². The van der Waals surface area contributed by atoms with Gasteiger partial charge in [0.25, 0.3) is 0 Å². The summed E-state index contributed by atoms with van der Waals surface area (Å²) in [5.41, 5.74) is 3.09. The minimum atomic E-state index is -1.30. The summed E-state index contributed by atoms with van der Waals surface area (Å²) in [6.07, 6.45) is 0. The lowest BCUT2D eigenvalue weighted by Gasteiger charge is -2.15. The third kappa shape index (κ3) is 2.65. The maximum Gasteiger partial charge on any atom is 0.137 e. The van der Waals surface area contributed by atoms with Gasteiger partial charge in [-0.1, -0.05) is 77.6 Å². The van der Waals surface area contributed by atoms with Crippen molar-refractivity contribution in [3.05, 3.63) is 78.2 Å². The zero-order valence-electron chi connectivity index (χ0n) is 10.1. The Kier molecular flexibility index (Phi) is 3.76. The molecule has 0 radical (unpaired) electrons. The maximum atomic E-state index is 3.81. The fourth-order valence-corrected chi connectivity index (χ4v) is 4.89. The fourth-order valence-electron chi connectivity index (χ4n) is 2.09. The quantitative estimate of drug-likeness (QED) is 0.567. The van der Waals surface area contributed by atoms with E-state index in [1.54, 1.807) is 0 Å². The summed E-state index contributed by atoms with van der Waals surface area (Å²) in [6.45, 7) is 5.95. The molecule has 0 saturated heterocycles. The van der Waals surface area contributed by atoms with E-state index in [2.05, 4.69) is 79.9 Å². The smallest absolute Gasteiger partial charge is 0.134 e. The molecule has 0 bridgehead atoms. The fraction of sp³-hybridized carbons (Fsp3) is 0.0625. The van der Waals surface area contributed by atoms with E-state index in [0.717, 1.165) is 0 Å². The Hall–Kier alpha value is -1.82. The van der Waals surface area contributed by atoms with Gasteiger partial charge in [-0.25, -0.2) is 0 Å². The van der Waals surface area contributed by atoms with Crippen LogP contribution in [0.5, 0.6) is 0 Å². The van der Waals surface area contributed by atoms with Gasteiger partial charge >= 0.3 is 0 Å². The molecule has 17 heavy (non-hydrogen) atoms. The molecule has 2 rings (SSSR count).